The molecule has 3 aromatic carbocycles. The second kappa shape index (κ2) is 17.8. The van der Waals surface area contributed by atoms with E-state index >= 15 is 0 Å². The maximum atomic E-state index is 13.2. The highest BCUT2D eigenvalue weighted by molar-refractivity contribution is 6.40. The molecular weight excluding hydrogens is 676 g/mol. The molecule has 2 atom stereocenters. The van der Waals surface area contributed by atoms with E-state index in [1.165, 1.54) is 17.8 Å². The summed E-state index contributed by atoms with van der Waals surface area (Å²) in [6.45, 7) is 6.18. The fourth-order valence-electron chi connectivity index (χ4n) is 4.59. The molecule has 0 aliphatic heterocycles. The number of hydrogen-bond acceptors (Lipinski definition) is 5. The molecule has 4 rings (SSSR count). The zero-order chi connectivity index (χ0) is 34.6. The molecule has 0 bridgehead atoms. The first-order chi connectivity index (χ1) is 22.2. The van der Waals surface area contributed by atoms with E-state index in [9.17, 15) is 23.1 Å². The van der Waals surface area contributed by atoms with Gasteiger partial charge >= 0.3 is 12.2 Å². The molecule has 4 aromatic rings. The molecule has 1 heterocycles. The largest absolute Gasteiger partial charge is 0.489 e. The number of nitrogens with zero attached hydrogens (tertiary/aromatic N) is 4. The van der Waals surface area contributed by atoms with Crippen LogP contribution in [0.3, 0.4) is 0 Å². The Morgan fingerprint density at radius 1 is 0.957 bits per heavy atom. The van der Waals surface area contributed by atoms with Crippen LogP contribution in [0.25, 0.3) is 0 Å². The lowest BCUT2D eigenvalue weighted by Crippen LogP contribution is -2.57. The third-order valence-electron chi connectivity index (χ3n) is 7.45. The third kappa shape index (κ3) is 11.1. The van der Waals surface area contributed by atoms with Crippen molar-refractivity contribution in [1.29, 1.82) is 0 Å². The van der Waals surface area contributed by atoms with Gasteiger partial charge in [-0.25, -0.2) is 9.78 Å². The molecule has 0 aliphatic rings. The van der Waals surface area contributed by atoms with Gasteiger partial charge in [0.05, 0.1) is 16.6 Å². The summed E-state index contributed by atoms with van der Waals surface area (Å²) < 4.78 is 46.8. The highest BCUT2D eigenvalue weighted by Gasteiger charge is 2.54. The van der Waals surface area contributed by atoms with E-state index < -0.39 is 17.8 Å². The minimum atomic E-state index is -4.70. The monoisotopic (exact) mass is 712 g/mol. The van der Waals surface area contributed by atoms with Crippen molar-refractivity contribution in [2.75, 3.05) is 19.7 Å². The first-order valence-corrected chi connectivity index (χ1v) is 16.0. The van der Waals surface area contributed by atoms with Crippen molar-refractivity contribution in [3.05, 3.63) is 118 Å². The number of rotatable bonds is 12. The molecule has 1 N–H and O–H groups in total. The average Bonchev–Trinajstić information content (AvgIpc) is 3.57. The van der Waals surface area contributed by atoms with Crippen LogP contribution in [0.2, 0.25) is 15.1 Å². The van der Waals surface area contributed by atoms with Gasteiger partial charge in [0.2, 0.25) is 0 Å². The second-order valence-corrected chi connectivity index (χ2v) is 12.2. The van der Waals surface area contributed by atoms with Crippen molar-refractivity contribution in [3.63, 3.8) is 0 Å². The summed E-state index contributed by atoms with van der Waals surface area (Å²) >= 11 is 18.0. The molecule has 254 valence electrons. The molecule has 0 saturated carbocycles. The summed E-state index contributed by atoms with van der Waals surface area (Å²) in [5, 5.41) is 11.2. The number of aliphatic hydroxyl groups is 1. The fraction of sp³-hybridized carbons (Fsp3) is 0.353. The summed E-state index contributed by atoms with van der Waals surface area (Å²) in [7, 11) is 0. The maximum absolute atomic E-state index is 13.2. The number of alkyl halides is 3. The number of benzene rings is 3. The van der Waals surface area contributed by atoms with Crippen molar-refractivity contribution in [3.8, 4) is 5.75 Å². The van der Waals surface area contributed by atoms with Crippen LogP contribution >= 0.6 is 34.8 Å². The normalized spacial score (nSPS) is 13.3. The van der Waals surface area contributed by atoms with Crippen LogP contribution in [0.15, 0.2) is 91.5 Å². The summed E-state index contributed by atoms with van der Waals surface area (Å²) in [5.41, 5.74) is -0.993. The van der Waals surface area contributed by atoms with Crippen molar-refractivity contribution in [2.24, 2.45) is 0 Å². The molecular formula is C34H38Cl3F3N4O3. The fourth-order valence-corrected chi connectivity index (χ4v) is 5.52. The van der Waals surface area contributed by atoms with Crippen LogP contribution in [0.5, 0.6) is 5.75 Å². The standard InChI is InChI=1S/C19H22F3NO.C15H16Cl3N3O2/c1-15(18(2,24)19(20,21)22)23(13-16-9-5-3-6-10-16)14-17-11-7-4-8-12-17;1-2-4-20(15(22)21-5-3-19-10-21)6-7-23-14-12(17)8-11(16)9-13(14)18/h3-12,15,24H,13-14H2,1-2H3;3,5,8-10H,2,4,6-7H2,1H3/t15-,18-;/m0./s1. The number of aromatic nitrogens is 2. The Kier molecular flexibility index (Phi) is 14.4. The Labute approximate surface area is 288 Å². The Morgan fingerprint density at radius 3 is 1.94 bits per heavy atom. The number of carbonyl (C=O) groups excluding carboxylic acids is 1. The molecule has 47 heavy (non-hydrogen) atoms. The lowest BCUT2D eigenvalue weighted by molar-refractivity contribution is -0.272. The van der Waals surface area contributed by atoms with Crippen molar-refractivity contribution >= 4 is 40.8 Å². The molecule has 0 saturated heterocycles. The Balaban J connectivity index is 0.000000256. The highest BCUT2D eigenvalue weighted by atomic mass is 35.5. The van der Waals surface area contributed by atoms with E-state index in [1.807, 2.05) is 67.6 Å². The van der Waals surface area contributed by atoms with E-state index in [2.05, 4.69) is 4.98 Å². The Hall–Kier alpha value is -3.28. The van der Waals surface area contributed by atoms with Gasteiger partial charge in [0.15, 0.2) is 11.4 Å². The number of hydrogen-bond donors (Lipinski definition) is 1. The van der Waals surface area contributed by atoms with Gasteiger partial charge in [-0.1, -0.05) is 102 Å². The van der Waals surface area contributed by atoms with Gasteiger partial charge in [-0.15, -0.1) is 0 Å². The predicted octanol–water partition coefficient (Wildman–Crippen LogP) is 8.99. The molecule has 0 aliphatic carbocycles. The molecule has 1 amide bonds. The second-order valence-electron chi connectivity index (χ2n) is 11.0. The van der Waals surface area contributed by atoms with Gasteiger partial charge in [-0.2, -0.15) is 13.2 Å². The zero-order valence-electron chi connectivity index (χ0n) is 26.3. The topological polar surface area (TPSA) is 70.8 Å². The maximum Gasteiger partial charge on any atom is 0.418 e. The van der Waals surface area contributed by atoms with E-state index in [1.54, 1.807) is 34.3 Å². The van der Waals surface area contributed by atoms with Crippen LogP contribution in [0.4, 0.5) is 18.0 Å². The van der Waals surface area contributed by atoms with Crippen LogP contribution in [-0.4, -0.2) is 68.0 Å². The van der Waals surface area contributed by atoms with E-state index in [-0.39, 0.29) is 12.6 Å². The lowest BCUT2D eigenvalue weighted by Gasteiger charge is -2.40. The van der Waals surface area contributed by atoms with Gasteiger partial charge in [-0.3, -0.25) is 9.47 Å². The number of amides is 1. The van der Waals surface area contributed by atoms with E-state index in [0.717, 1.165) is 24.5 Å². The lowest BCUT2D eigenvalue weighted by atomic mass is 9.94. The Bertz CT molecular complexity index is 1460. The van der Waals surface area contributed by atoms with Gasteiger partial charge in [-0.05, 0) is 43.5 Å². The van der Waals surface area contributed by atoms with Crippen molar-refractivity contribution in [2.45, 2.75) is 58.1 Å². The van der Waals surface area contributed by atoms with Gasteiger partial charge < -0.3 is 14.7 Å². The number of ether oxygens (including phenoxy) is 1. The Morgan fingerprint density at radius 2 is 1.49 bits per heavy atom. The first-order valence-electron chi connectivity index (χ1n) is 14.9. The molecule has 0 fully saturated rings. The van der Waals surface area contributed by atoms with E-state index in [4.69, 9.17) is 39.5 Å². The zero-order valence-corrected chi connectivity index (χ0v) is 28.6. The molecule has 0 radical (unpaired) electrons. The van der Waals surface area contributed by atoms with Gasteiger partial charge in [0.1, 0.15) is 12.9 Å². The van der Waals surface area contributed by atoms with Gasteiger partial charge in [0, 0.05) is 43.1 Å². The number of imidazole rings is 1. The minimum Gasteiger partial charge on any atom is -0.489 e. The average molecular weight is 714 g/mol. The smallest absolute Gasteiger partial charge is 0.418 e. The summed E-state index contributed by atoms with van der Waals surface area (Å²) in [4.78, 5) is 19.6. The molecule has 1 aromatic heterocycles. The SMILES string of the molecule is CCCN(CCOc1c(Cl)cc(Cl)cc1Cl)C(=O)n1ccnc1.C[C@H](N(Cc1ccccc1)Cc1ccccc1)[C@](C)(O)C(F)(F)F. The number of carbonyl (C=O) groups is 1. The molecule has 0 spiro atoms. The number of halogens is 6. The molecule has 7 nitrogen and oxygen atoms in total. The summed E-state index contributed by atoms with van der Waals surface area (Å²) in [5.74, 6) is 0.365. The van der Waals surface area contributed by atoms with Crippen LogP contribution in [-0.2, 0) is 13.1 Å². The van der Waals surface area contributed by atoms with Crippen LogP contribution in [0, 0.1) is 0 Å². The first kappa shape index (κ1) is 38.2. The summed E-state index contributed by atoms with van der Waals surface area (Å²) in [6, 6.07) is 20.5. The molecule has 13 heteroatoms. The van der Waals surface area contributed by atoms with Crippen LogP contribution < -0.4 is 4.74 Å². The summed E-state index contributed by atoms with van der Waals surface area (Å²) in [6.07, 6.45) is 0.782. The van der Waals surface area contributed by atoms with Crippen molar-refractivity contribution < 1.29 is 27.8 Å². The quantitative estimate of drug-likeness (QED) is 0.159. The highest BCUT2D eigenvalue weighted by Crippen LogP contribution is 2.37. The predicted molar refractivity (Wildman–Crippen MR) is 180 cm³/mol. The molecule has 0 unspecified atom stereocenters. The third-order valence-corrected chi connectivity index (χ3v) is 8.23. The minimum absolute atomic E-state index is 0.152. The van der Waals surface area contributed by atoms with Crippen LogP contribution in [0.1, 0.15) is 38.3 Å². The van der Waals surface area contributed by atoms with Crippen molar-refractivity contribution in [1.82, 2.24) is 19.4 Å². The van der Waals surface area contributed by atoms with E-state index in [0.29, 0.717) is 47.0 Å². The van der Waals surface area contributed by atoms with Gasteiger partial charge in [0.25, 0.3) is 0 Å².